The number of hydrogen-bond acceptors (Lipinski definition) is 5. The zero-order valence-corrected chi connectivity index (χ0v) is 12.8. The van der Waals surface area contributed by atoms with E-state index in [0.29, 0.717) is 0 Å². The molecule has 0 heterocycles. The highest BCUT2D eigenvalue weighted by molar-refractivity contribution is 14.1. The van der Waals surface area contributed by atoms with Crippen LogP contribution < -0.4 is 5.32 Å². The van der Waals surface area contributed by atoms with Gasteiger partial charge in [-0.25, -0.2) is 0 Å². The number of esters is 1. The highest BCUT2D eigenvalue weighted by Gasteiger charge is 2.41. The number of nitrogens with zero attached hydrogens (tertiary/aromatic N) is 1. The summed E-state index contributed by atoms with van der Waals surface area (Å²) in [7, 11) is 0.991. The van der Waals surface area contributed by atoms with E-state index < -0.39 is 29.5 Å². The fourth-order valence-electron chi connectivity index (χ4n) is 1.42. The van der Waals surface area contributed by atoms with Gasteiger partial charge < -0.3 is 10.1 Å². The number of hydrogen-bond donors (Lipinski definition) is 1. The Kier molecular flexibility index (Phi) is 5.75. The van der Waals surface area contributed by atoms with Gasteiger partial charge >= 0.3 is 12.1 Å². The molecule has 0 saturated carbocycles. The number of rotatable bonds is 5. The van der Waals surface area contributed by atoms with Crippen LogP contribution in [0.15, 0.2) is 18.2 Å². The van der Waals surface area contributed by atoms with Crippen molar-refractivity contribution in [2.24, 2.45) is 0 Å². The first kappa shape index (κ1) is 17.5. The summed E-state index contributed by atoms with van der Waals surface area (Å²) in [5, 5.41) is 12.7. The number of carbonyl (C=O) groups excluding carboxylic acids is 1. The van der Waals surface area contributed by atoms with E-state index in [0.717, 1.165) is 25.3 Å². The molecule has 1 aromatic rings. The maximum Gasteiger partial charge on any atom is 0.409 e. The summed E-state index contributed by atoms with van der Waals surface area (Å²) < 4.78 is 43.0. The maximum atomic E-state index is 12.9. The fourth-order valence-corrected chi connectivity index (χ4v) is 2.08. The van der Waals surface area contributed by atoms with Gasteiger partial charge in [-0.2, -0.15) is 13.2 Å². The lowest BCUT2D eigenvalue weighted by Crippen LogP contribution is -2.38. The third-order valence-electron chi connectivity index (χ3n) is 2.49. The first-order chi connectivity index (χ1) is 9.65. The van der Waals surface area contributed by atoms with E-state index in [9.17, 15) is 28.1 Å². The Bertz CT molecular complexity index is 551. The van der Waals surface area contributed by atoms with Crippen LogP contribution in [0.4, 0.5) is 24.5 Å². The van der Waals surface area contributed by atoms with Crippen LogP contribution in [0.3, 0.4) is 0 Å². The van der Waals surface area contributed by atoms with Crippen molar-refractivity contribution in [3.8, 4) is 0 Å². The average Bonchev–Trinajstić information content (AvgIpc) is 2.38. The fraction of sp³-hybridized carbons (Fsp3) is 0.364. The van der Waals surface area contributed by atoms with Crippen molar-refractivity contribution in [1.82, 2.24) is 0 Å². The van der Waals surface area contributed by atoms with E-state index in [1.54, 1.807) is 22.6 Å². The quantitative estimate of drug-likeness (QED) is 0.344. The molecule has 0 aromatic heterocycles. The van der Waals surface area contributed by atoms with E-state index in [2.05, 4.69) is 10.1 Å². The average molecular weight is 418 g/mol. The molecule has 21 heavy (non-hydrogen) atoms. The topological polar surface area (TPSA) is 81.5 Å². The molecular formula is C11H10F3IN2O4. The minimum Gasteiger partial charge on any atom is -0.469 e. The van der Waals surface area contributed by atoms with E-state index in [-0.39, 0.29) is 14.9 Å². The van der Waals surface area contributed by atoms with Gasteiger partial charge in [0.25, 0.3) is 5.69 Å². The van der Waals surface area contributed by atoms with Crippen LogP contribution in [0.5, 0.6) is 0 Å². The lowest BCUT2D eigenvalue weighted by atomic mass is 10.1. The molecule has 0 spiro atoms. The monoisotopic (exact) mass is 418 g/mol. The predicted octanol–water partition coefficient (Wildman–Crippen LogP) is 3.11. The Morgan fingerprint density at radius 1 is 1.52 bits per heavy atom. The van der Waals surface area contributed by atoms with Gasteiger partial charge in [0, 0.05) is 21.4 Å². The molecule has 10 heteroatoms. The molecule has 6 nitrogen and oxygen atoms in total. The molecule has 0 radical (unpaired) electrons. The van der Waals surface area contributed by atoms with Crippen molar-refractivity contribution in [1.29, 1.82) is 0 Å². The Morgan fingerprint density at radius 2 is 2.14 bits per heavy atom. The summed E-state index contributed by atoms with van der Waals surface area (Å²) in [6.07, 6.45) is -5.56. The summed E-state index contributed by atoms with van der Waals surface area (Å²) in [4.78, 5) is 21.0. The molecule has 0 aliphatic carbocycles. The molecule has 1 N–H and O–H groups in total. The maximum absolute atomic E-state index is 12.9. The second kappa shape index (κ2) is 6.91. The summed E-state index contributed by atoms with van der Waals surface area (Å²) in [5.41, 5.74) is -0.186. The molecule has 1 rings (SSSR count). The number of nitro benzene ring substituents is 1. The minimum absolute atomic E-state index is 0.0485. The number of ether oxygens (including phenoxy) is 1. The normalized spacial score (nSPS) is 12.6. The molecule has 116 valence electrons. The molecule has 0 aliphatic rings. The van der Waals surface area contributed by atoms with Crippen LogP contribution in [0.25, 0.3) is 0 Å². The van der Waals surface area contributed by atoms with Gasteiger partial charge in [-0.1, -0.05) is 0 Å². The van der Waals surface area contributed by atoms with Crippen LogP contribution in [0, 0.1) is 13.7 Å². The molecule has 0 aliphatic heterocycles. The third kappa shape index (κ3) is 5.02. The van der Waals surface area contributed by atoms with E-state index in [1.165, 1.54) is 0 Å². The van der Waals surface area contributed by atoms with E-state index >= 15 is 0 Å². The van der Waals surface area contributed by atoms with Crippen LogP contribution in [0.1, 0.15) is 6.42 Å². The van der Waals surface area contributed by atoms with Crippen molar-refractivity contribution < 1.29 is 27.6 Å². The summed E-state index contributed by atoms with van der Waals surface area (Å²) in [6, 6.07) is 1.24. The van der Waals surface area contributed by atoms with Crippen molar-refractivity contribution in [2.75, 3.05) is 12.4 Å². The SMILES string of the molecule is COC(=O)CC(Nc1ccc([N+](=O)[O-])cc1I)C(F)(F)F. The van der Waals surface area contributed by atoms with Gasteiger partial charge in [0.15, 0.2) is 0 Å². The minimum atomic E-state index is -4.67. The number of non-ortho nitro benzene ring substituents is 1. The van der Waals surface area contributed by atoms with Crippen LogP contribution >= 0.6 is 22.6 Å². The summed E-state index contributed by atoms with van der Waals surface area (Å²) in [5.74, 6) is -1.01. The first-order valence-electron chi connectivity index (χ1n) is 5.49. The van der Waals surface area contributed by atoms with Crippen molar-refractivity contribution in [2.45, 2.75) is 18.6 Å². The van der Waals surface area contributed by atoms with Gasteiger partial charge in [0.1, 0.15) is 6.04 Å². The van der Waals surface area contributed by atoms with Gasteiger partial charge in [-0.3, -0.25) is 14.9 Å². The number of nitrogens with one attached hydrogen (secondary N) is 1. The number of anilines is 1. The van der Waals surface area contributed by atoms with Crippen molar-refractivity contribution in [3.05, 3.63) is 31.9 Å². The van der Waals surface area contributed by atoms with Crippen LogP contribution in [-0.2, 0) is 9.53 Å². The molecule has 0 bridgehead atoms. The Balaban J connectivity index is 2.98. The number of carbonyl (C=O) groups is 1. The second-order valence-electron chi connectivity index (χ2n) is 3.94. The van der Waals surface area contributed by atoms with Crippen molar-refractivity contribution >= 4 is 39.9 Å². The van der Waals surface area contributed by atoms with E-state index in [4.69, 9.17) is 0 Å². The molecular weight excluding hydrogens is 408 g/mol. The number of nitro groups is 1. The van der Waals surface area contributed by atoms with Crippen LogP contribution in [0.2, 0.25) is 0 Å². The molecule has 1 atom stereocenters. The highest BCUT2D eigenvalue weighted by atomic mass is 127. The third-order valence-corrected chi connectivity index (χ3v) is 3.38. The van der Waals surface area contributed by atoms with Gasteiger partial charge in [-0.15, -0.1) is 0 Å². The zero-order chi connectivity index (χ0) is 16.2. The van der Waals surface area contributed by atoms with E-state index in [1.807, 2.05) is 0 Å². The molecule has 0 amide bonds. The molecule has 0 saturated heterocycles. The first-order valence-corrected chi connectivity index (χ1v) is 6.57. The van der Waals surface area contributed by atoms with Crippen LogP contribution in [-0.4, -0.2) is 30.2 Å². The van der Waals surface area contributed by atoms with Gasteiger partial charge in [0.05, 0.1) is 18.5 Å². The largest absolute Gasteiger partial charge is 0.469 e. The predicted molar refractivity (Wildman–Crippen MR) is 75.9 cm³/mol. The molecule has 1 unspecified atom stereocenters. The number of methoxy groups -OCH3 is 1. The molecule has 1 aromatic carbocycles. The Morgan fingerprint density at radius 3 is 2.57 bits per heavy atom. The molecule has 0 fully saturated rings. The summed E-state index contributed by atoms with van der Waals surface area (Å²) in [6.45, 7) is 0. The summed E-state index contributed by atoms with van der Waals surface area (Å²) >= 11 is 1.67. The number of halogens is 4. The zero-order valence-electron chi connectivity index (χ0n) is 10.6. The Hall–Kier alpha value is -1.59. The Labute approximate surface area is 130 Å². The smallest absolute Gasteiger partial charge is 0.409 e. The van der Waals surface area contributed by atoms with Gasteiger partial charge in [0.2, 0.25) is 0 Å². The second-order valence-corrected chi connectivity index (χ2v) is 5.10. The lowest BCUT2D eigenvalue weighted by molar-refractivity contribution is -0.384. The lowest BCUT2D eigenvalue weighted by Gasteiger charge is -2.22. The number of alkyl halides is 3. The van der Waals surface area contributed by atoms with Gasteiger partial charge in [-0.05, 0) is 28.7 Å². The standard InChI is InChI=1S/C11H10F3IN2O4/c1-21-10(18)5-9(11(12,13)14)16-8-3-2-6(17(19)20)4-7(8)15/h2-4,9,16H,5H2,1H3. The highest BCUT2D eigenvalue weighted by Crippen LogP contribution is 2.30. The number of benzene rings is 1. The van der Waals surface area contributed by atoms with Crippen molar-refractivity contribution in [3.63, 3.8) is 0 Å².